The number of hydrogen-bond donors (Lipinski definition) is 3. The van der Waals surface area contributed by atoms with E-state index in [0.29, 0.717) is 12.0 Å². The second-order valence-electron chi connectivity index (χ2n) is 12.0. The minimum absolute atomic E-state index is 0.0292. The molecule has 0 radical (unpaired) electrons. The molecule has 2 unspecified atom stereocenters. The maximum Gasteiger partial charge on any atom is 0.410 e. The third-order valence-corrected chi connectivity index (χ3v) is 7.94. The normalized spacial score (nSPS) is 20.2. The number of fused-ring (bicyclic) bond motifs is 1. The lowest BCUT2D eigenvalue weighted by Crippen LogP contribution is -2.57. The third-order valence-electron chi connectivity index (χ3n) is 7.94. The Morgan fingerprint density at radius 2 is 1.98 bits per heavy atom. The second kappa shape index (κ2) is 14.1. The predicted octanol–water partition coefficient (Wildman–Crippen LogP) is 3.86. The number of halogens is 1. The third kappa shape index (κ3) is 8.42. The fourth-order valence-corrected chi connectivity index (χ4v) is 5.18. The van der Waals surface area contributed by atoms with Gasteiger partial charge in [-0.25, -0.2) is 14.0 Å². The minimum atomic E-state index is -1.36. The molecule has 228 valence electrons. The average Bonchev–Trinajstić information content (AvgIpc) is 3.54. The van der Waals surface area contributed by atoms with Crippen LogP contribution < -0.4 is 11.1 Å². The Morgan fingerprint density at radius 3 is 2.61 bits per heavy atom. The molecule has 2 heterocycles. The van der Waals surface area contributed by atoms with Gasteiger partial charge in [-0.3, -0.25) is 9.69 Å². The number of allylic oxidation sites excluding steroid dienone is 2. The molecule has 0 spiro atoms. The van der Waals surface area contributed by atoms with Gasteiger partial charge in [-0.05, 0) is 58.6 Å². The number of nitrogens with one attached hydrogen (secondary N) is 1. The van der Waals surface area contributed by atoms with Gasteiger partial charge in [-0.1, -0.05) is 37.1 Å². The zero-order valence-electron chi connectivity index (χ0n) is 24.9. The van der Waals surface area contributed by atoms with E-state index in [1.165, 1.54) is 15.9 Å². The standard InChI is InChI=1S/C30H46FN5O5/c1-6-7-8-9-10-11-15-24(33-28(39)34(5)30(2,3)4)27(38)36-18-21(16-25(36)26(32)37)41-29(40)35-17-20-13-12-14-23(31)22(20)19-35/h6-7,12-14,21,24-26,37H,8-11,15-19,32H2,1-5H3,(H,33,39)/b7-6-/t21-,24+,25?,26?/m1/s1. The Labute approximate surface area is 242 Å². The molecule has 1 aromatic carbocycles. The van der Waals surface area contributed by atoms with Crippen molar-refractivity contribution in [2.24, 2.45) is 5.73 Å². The minimum Gasteiger partial charge on any atom is -0.444 e. The highest BCUT2D eigenvalue weighted by Crippen LogP contribution is 2.28. The number of unbranched alkanes of at least 4 members (excludes halogenated alkanes) is 3. The van der Waals surface area contributed by atoms with Crippen LogP contribution >= 0.6 is 0 Å². The maximum absolute atomic E-state index is 14.2. The molecular weight excluding hydrogens is 529 g/mol. The van der Waals surface area contributed by atoms with E-state index in [4.69, 9.17) is 10.5 Å². The van der Waals surface area contributed by atoms with E-state index in [1.54, 1.807) is 24.1 Å². The number of nitrogens with zero attached hydrogens (tertiary/aromatic N) is 3. The fourth-order valence-electron chi connectivity index (χ4n) is 5.18. The molecule has 1 saturated heterocycles. The summed E-state index contributed by atoms with van der Waals surface area (Å²) in [4.78, 5) is 44.2. The van der Waals surface area contributed by atoms with Crippen molar-refractivity contribution in [2.75, 3.05) is 13.6 Å². The number of rotatable bonds is 10. The monoisotopic (exact) mass is 575 g/mol. The summed E-state index contributed by atoms with van der Waals surface area (Å²) in [5.74, 6) is -0.744. The smallest absolute Gasteiger partial charge is 0.410 e. The van der Waals surface area contributed by atoms with Crippen LogP contribution in [0.15, 0.2) is 30.4 Å². The van der Waals surface area contributed by atoms with Crippen molar-refractivity contribution in [1.82, 2.24) is 20.0 Å². The zero-order valence-corrected chi connectivity index (χ0v) is 24.9. The number of hydrogen-bond acceptors (Lipinski definition) is 6. The highest BCUT2D eigenvalue weighted by atomic mass is 19.1. The topological polar surface area (TPSA) is 128 Å². The van der Waals surface area contributed by atoms with Crippen molar-refractivity contribution in [3.63, 3.8) is 0 Å². The van der Waals surface area contributed by atoms with Gasteiger partial charge in [-0.15, -0.1) is 0 Å². The van der Waals surface area contributed by atoms with Crippen LogP contribution in [-0.2, 0) is 22.6 Å². The SMILES string of the molecule is C/C=C\CCCCC[C@H](NC(=O)N(C)C(C)(C)C)C(=O)N1C[C@H](OC(=O)N2Cc3cccc(F)c3C2)CC1C(N)O. The lowest BCUT2D eigenvalue weighted by molar-refractivity contribution is -0.136. The van der Waals surface area contributed by atoms with Gasteiger partial charge < -0.3 is 30.7 Å². The van der Waals surface area contributed by atoms with Gasteiger partial charge in [0.1, 0.15) is 24.2 Å². The van der Waals surface area contributed by atoms with Crippen LogP contribution in [0, 0.1) is 5.82 Å². The van der Waals surface area contributed by atoms with E-state index in [9.17, 15) is 23.9 Å². The molecule has 2 aliphatic rings. The Balaban J connectivity index is 1.68. The molecule has 1 aromatic rings. The number of benzene rings is 1. The Kier molecular flexibility index (Phi) is 11.1. The number of amides is 4. The second-order valence-corrected chi connectivity index (χ2v) is 12.0. The van der Waals surface area contributed by atoms with E-state index in [-0.39, 0.29) is 43.8 Å². The average molecular weight is 576 g/mol. The molecule has 4 atom stereocenters. The van der Waals surface area contributed by atoms with E-state index in [1.807, 2.05) is 33.8 Å². The summed E-state index contributed by atoms with van der Waals surface area (Å²) in [7, 11) is 1.67. The Morgan fingerprint density at radius 1 is 1.24 bits per heavy atom. The Bertz CT molecular complexity index is 1110. The van der Waals surface area contributed by atoms with Crippen LogP contribution in [0.5, 0.6) is 0 Å². The van der Waals surface area contributed by atoms with Crippen LogP contribution in [0.4, 0.5) is 14.0 Å². The first-order valence-corrected chi connectivity index (χ1v) is 14.4. The van der Waals surface area contributed by atoms with E-state index in [2.05, 4.69) is 11.4 Å². The van der Waals surface area contributed by atoms with Crippen LogP contribution in [0.1, 0.15) is 77.3 Å². The molecule has 2 aliphatic heterocycles. The summed E-state index contributed by atoms with van der Waals surface area (Å²) in [6, 6.07) is 2.74. The zero-order chi connectivity index (χ0) is 30.3. The number of likely N-dealkylation sites (tertiary alicyclic amines) is 1. The number of nitrogens with two attached hydrogens (primary N) is 1. The van der Waals surface area contributed by atoms with Crippen molar-refractivity contribution in [1.29, 1.82) is 0 Å². The number of carbonyl (C=O) groups excluding carboxylic acids is 3. The highest BCUT2D eigenvalue weighted by molar-refractivity contribution is 5.87. The number of aliphatic hydroxyl groups excluding tert-OH is 1. The van der Waals surface area contributed by atoms with Gasteiger partial charge in [0.15, 0.2) is 0 Å². The van der Waals surface area contributed by atoms with Crippen LogP contribution in [0.3, 0.4) is 0 Å². The van der Waals surface area contributed by atoms with Crippen molar-refractivity contribution >= 4 is 18.0 Å². The molecule has 11 heteroatoms. The molecule has 4 N–H and O–H groups in total. The molecule has 0 aliphatic carbocycles. The van der Waals surface area contributed by atoms with Gasteiger partial charge in [0.25, 0.3) is 0 Å². The summed E-state index contributed by atoms with van der Waals surface area (Å²) in [6.07, 6.45) is 5.51. The molecule has 10 nitrogen and oxygen atoms in total. The number of urea groups is 1. The van der Waals surface area contributed by atoms with E-state index in [0.717, 1.165) is 31.2 Å². The highest BCUT2D eigenvalue weighted by Gasteiger charge is 2.43. The quantitative estimate of drug-likeness (QED) is 0.221. The molecule has 3 rings (SSSR count). The van der Waals surface area contributed by atoms with Crippen LogP contribution in [-0.4, -0.2) is 81.4 Å². The summed E-state index contributed by atoms with van der Waals surface area (Å²) in [6.45, 7) is 8.04. The van der Waals surface area contributed by atoms with Crippen LogP contribution in [0.25, 0.3) is 0 Å². The summed E-state index contributed by atoms with van der Waals surface area (Å²) in [5.41, 5.74) is 6.60. The first-order chi connectivity index (χ1) is 19.3. The molecule has 4 amide bonds. The van der Waals surface area contributed by atoms with Crippen molar-refractivity contribution in [2.45, 2.75) is 109 Å². The number of ether oxygens (including phenoxy) is 1. The van der Waals surface area contributed by atoms with Crippen molar-refractivity contribution in [3.8, 4) is 0 Å². The van der Waals surface area contributed by atoms with Gasteiger partial charge >= 0.3 is 12.1 Å². The number of carbonyl (C=O) groups is 3. The van der Waals surface area contributed by atoms with Gasteiger partial charge in [0.05, 0.1) is 19.1 Å². The lowest BCUT2D eigenvalue weighted by atomic mass is 10.0. The lowest BCUT2D eigenvalue weighted by Gasteiger charge is -2.35. The predicted molar refractivity (Wildman–Crippen MR) is 154 cm³/mol. The summed E-state index contributed by atoms with van der Waals surface area (Å²) >= 11 is 0. The van der Waals surface area contributed by atoms with Gasteiger partial charge in [-0.2, -0.15) is 0 Å². The largest absolute Gasteiger partial charge is 0.444 e. The van der Waals surface area contributed by atoms with Crippen LogP contribution in [0.2, 0.25) is 0 Å². The molecule has 1 fully saturated rings. The Hall–Kier alpha value is -3.18. The summed E-state index contributed by atoms with van der Waals surface area (Å²) in [5, 5.41) is 13.2. The molecular formula is C30H46FN5O5. The molecule has 0 saturated carbocycles. The van der Waals surface area contributed by atoms with Crippen molar-refractivity contribution in [3.05, 3.63) is 47.3 Å². The van der Waals surface area contributed by atoms with Crippen molar-refractivity contribution < 1.29 is 28.6 Å². The summed E-state index contributed by atoms with van der Waals surface area (Å²) < 4.78 is 19.9. The molecule has 0 bridgehead atoms. The molecule has 41 heavy (non-hydrogen) atoms. The first-order valence-electron chi connectivity index (χ1n) is 14.4. The van der Waals surface area contributed by atoms with Gasteiger partial charge in [0.2, 0.25) is 5.91 Å². The van der Waals surface area contributed by atoms with E-state index < -0.39 is 36.0 Å². The maximum atomic E-state index is 14.2. The number of aliphatic hydroxyl groups is 1. The van der Waals surface area contributed by atoms with E-state index >= 15 is 0 Å². The van der Waals surface area contributed by atoms with Gasteiger partial charge in [0, 0.05) is 31.1 Å². The fraction of sp³-hybridized carbons (Fsp3) is 0.633. The first kappa shape index (κ1) is 32.3. The molecule has 0 aromatic heterocycles.